The number of ether oxygens (including phenoxy) is 1. The van der Waals surface area contributed by atoms with Crippen LogP contribution in [0.2, 0.25) is 0 Å². The molecule has 1 aromatic carbocycles. The van der Waals surface area contributed by atoms with Crippen LogP contribution in [0.5, 0.6) is 0 Å². The maximum atomic E-state index is 11.8. The van der Waals surface area contributed by atoms with Crippen molar-refractivity contribution in [2.75, 3.05) is 13.2 Å². The molecule has 0 radical (unpaired) electrons. The molecule has 5 heterocycles. The van der Waals surface area contributed by atoms with Gasteiger partial charge in [-0.25, -0.2) is 0 Å². The van der Waals surface area contributed by atoms with E-state index in [1.165, 1.54) is 125 Å². The Morgan fingerprint density at radius 3 is 1.32 bits per heavy atom. The Bertz CT molecular complexity index is 1650. The molecule has 1 aliphatic carbocycles. The first-order valence-corrected chi connectivity index (χ1v) is 24.9. The summed E-state index contributed by atoms with van der Waals surface area (Å²) in [6.07, 6.45) is 21.0. The number of fused-ring (bicyclic) bond motifs is 4. The van der Waals surface area contributed by atoms with Crippen LogP contribution in [-0.2, 0) is 17.6 Å². The van der Waals surface area contributed by atoms with Gasteiger partial charge < -0.3 is 28.6 Å². The first kappa shape index (κ1) is 58.1. The second-order valence-electron chi connectivity index (χ2n) is 15.2. The Hall–Kier alpha value is -0.914. The van der Waals surface area contributed by atoms with Gasteiger partial charge >= 0.3 is 23.1 Å². The standard InChI is InChI=1S/C26H38S2.C10H4O2S2.C8H17.C4H8O.2CH4.BrH.Mg/c1-5-9-11-19(7-3)17-23-21-13-15-28-26(21)24(22-14-16-27-25(22)23)18-20(8-4)12-10-6-2;11-7-5-1-3-13-9(5)8(12)6-2-4-14-10(6)7;1-4-6-7-8(3)5-2;1-2-4-5-3-1;;;;/h13-16,19-20H,5-12,17-18H2,1-4H3;1-4H;8H,3-7H2,1-2H3;1-4H2;2*1H4;1H;/q;;-1;;;;;+2/p-1. The second kappa shape index (κ2) is 31.9. The number of hydrogen-bond donors (Lipinski definition) is 0. The molecule has 0 saturated carbocycles. The van der Waals surface area contributed by atoms with Crippen molar-refractivity contribution in [1.29, 1.82) is 0 Å². The minimum atomic E-state index is -0.00847. The Labute approximate surface area is 402 Å². The van der Waals surface area contributed by atoms with E-state index in [-0.39, 0.29) is 66.5 Å². The van der Waals surface area contributed by atoms with Gasteiger partial charge in [-0.1, -0.05) is 133 Å². The fourth-order valence-electron chi connectivity index (χ4n) is 7.45. The van der Waals surface area contributed by atoms with E-state index in [4.69, 9.17) is 4.74 Å². The van der Waals surface area contributed by atoms with Crippen LogP contribution >= 0.6 is 45.3 Å². The molecule has 3 unspecified atom stereocenters. The number of carbonyl (C=O) groups excluding carboxylic acids is 2. The predicted octanol–water partition coefficient (Wildman–Crippen LogP) is 13.9. The second-order valence-corrected chi connectivity index (χ2v) is 18.9. The third-order valence-corrected chi connectivity index (χ3v) is 15.0. The Kier molecular flexibility index (Phi) is 31.4. The zero-order valence-electron chi connectivity index (χ0n) is 35.7. The van der Waals surface area contributed by atoms with Gasteiger partial charge in [-0.05, 0) is 105 Å². The summed E-state index contributed by atoms with van der Waals surface area (Å²) in [7, 11) is 0. The average Bonchev–Trinajstić information content (AvgIpc) is 4.07. The van der Waals surface area contributed by atoms with Gasteiger partial charge in [0.25, 0.3) is 0 Å². The molecule has 59 heavy (non-hydrogen) atoms. The number of carbonyl (C=O) groups is 2. The maximum Gasteiger partial charge on any atom is 2.00 e. The Morgan fingerprint density at radius 2 is 0.983 bits per heavy atom. The van der Waals surface area contributed by atoms with Gasteiger partial charge in [0, 0.05) is 33.7 Å². The molecule has 0 amide bonds. The summed E-state index contributed by atoms with van der Waals surface area (Å²) in [4.78, 5) is 24.8. The van der Waals surface area contributed by atoms with Gasteiger partial charge in [-0.15, -0.1) is 45.3 Å². The van der Waals surface area contributed by atoms with Crippen molar-refractivity contribution in [3.63, 3.8) is 0 Å². The van der Waals surface area contributed by atoms with Gasteiger partial charge in [0.05, 0.1) is 9.75 Å². The summed E-state index contributed by atoms with van der Waals surface area (Å²) in [6.45, 7) is 19.8. The van der Waals surface area contributed by atoms with Gasteiger partial charge in [-0.3, -0.25) is 9.59 Å². The molecule has 3 atom stereocenters. The number of ketones is 2. The zero-order valence-corrected chi connectivity index (χ0v) is 42.0. The molecular formula is C50H75BrMgO3S4. The number of halogens is 1. The van der Waals surface area contributed by atoms with E-state index < -0.39 is 0 Å². The molecule has 0 bridgehead atoms. The van der Waals surface area contributed by atoms with E-state index in [1.54, 1.807) is 54.2 Å². The fraction of sp³-hybridized carbons (Fsp3) is 0.580. The van der Waals surface area contributed by atoms with E-state index in [2.05, 4.69) is 71.4 Å². The molecule has 3 nitrogen and oxygen atoms in total. The minimum absolute atomic E-state index is 0. The van der Waals surface area contributed by atoms with E-state index in [9.17, 15) is 9.59 Å². The fourth-order valence-corrected chi connectivity index (χ4v) is 11.1. The van der Waals surface area contributed by atoms with Crippen LogP contribution in [0.15, 0.2) is 45.8 Å². The molecule has 0 spiro atoms. The first-order chi connectivity index (χ1) is 26.8. The van der Waals surface area contributed by atoms with Crippen molar-refractivity contribution in [3.05, 3.63) is 84.7 Å². The van der Waals surface area contributed by atoms with E-state index >= 15 is 0 Å². The number of rotatable bonds is 16. The van der Waals surface area contributed by atoms with Crippen molar-refractivity contribution in [2.24, 2.45) is 17.8 Å². The Balaban J connectivity index is 0.000000901. The number of thiophene rings is 4. The van der Waals surface area contributed by atoms with Crippen LogP contribution in [0.4, 0.5) is 0 Å². The molecule has 2 aliphatic rings. The van der Waals surface area contributed by atoms with Gasteiger partial charge in [-0.2, -0.15) is 5.92 Å². The Morgan fingerprint density at radius 1 is 0.593 bits per heavy atom. The predicted molar refractivity (Wildman–Crippen MR) is 265 cm³/mol. The zero-order chi connectivity index (χ0) is 39.6. The molecule has 4 aromatic heterocycles. The molecule has 5 aromatic rings. The van der Waals surface area contributed by atoms with Crippen molar-refractivity contribution in [2.45, 2.75) is 159 Å². The summed E-state index contributed by atoms with van der Waals surface area (Å²) in [5.74, 6) is 2.34. The topological polar surface area (TPSA) is 43.4 Å². The number of hydrogen-bond acceptors (Lipinski definition) is 7. The SMILES string of the molecule is C.C.C1CCOC1.CCCCC(CC)Cc1c2ccsc2c(CC(CC)CCCC)c2ccsc12.O=C1c2ccsc2C(=O)c2ccsc21.[Br-].[CH2-]C(CC)CCCC.[Mg+2]. The molecule has 326 valence electrons. The van der Waals surface area contributed by atoms with Crippen LogP contribution in [0.1, 0.15) is 188 Å². The normalized spacial score (nSPS) is 13.9. The average molecular weight is 957 g/mol. The first-order valence-electron chi connectivity index (χ1n) is 21.4. The molecule has 1 saturated heterocycles. The van der Waals surface area contributed by atoms with E-state index in [0.717, 1.165) is 25.0 Å². The van der Waals surface area contributed by atoms with Crippen LogP contribution in [0, 0.1) is 24.7 Å². The minimum Gasteiger partial charge on any atom is -1.00 e. The maximum absolute atomic E-state index is 11.8. The third kappa shape index (κ3) is 16.6. The molecule has 9 heteroatoms. The summed E-state index contributed by atoms with van der Waals surface area (Å²) >= 11 is 6.64. The molecular weight excluding hydrogens is 881 g/mol. The van der Waals surface area contributed by atoms with E-state index in [0.29, 0.717) is 26.8 Å². The molecule has 0 N–H and O–H groups in total. The van der Waals surface area contributed by atoms with Gasteiger partial charge in [0.1, 0.15) is 0 Å². The summed E-state index contributed by atoms with van der Waals surface area (Å²) in [5, 5.41) is 11.4. The van der Waals surface area contributed by atoms with Gasteiger partial charge in [0.2, 0.25) is 11.6 Å². The third-order valence-electron chi connectivity index (χ3n) is 11.2. The smallest absolute Gasteiger partial charge is 1.00 e. The molecule has 7 rings (SSSR count). The van der Waals surface area contributed by atoms with E-state index in [1.807, 2.05) is 22.7 Å². The van der Waals surface area contributed by atoms with Gasteiger partial charge in [0.15, 0.2) is 0 Å². The quantitative estimate of drug-likeness (QED) is 0.0717. The van der Waals surface area contributed by atoms with Crippen molar-refractivity contribution < 1.29 is 31.3 Å². The van der Waals surface area contributed by atoms with Crippen molar-refractivity contribution in [1.82, 2.24) is 0 Å². The van der Waals surface area contributed by atoms with Crippen molar-refractivity contribution in [3.8, 4) is 0 Å². The molecule has 1 fully saturated rings. The number of unbranched alkanes of at least 4 members (excludes halogenated alkanes) is 3. The monoisotopic (exact) mass is 954 g/mol. The molecule has 1 aliphatic heterocycles. The number of benzene rings is 1. The summed E-state index contributed by atoms with van der Waals surface area (Å²) in [6, 6.07) is 8.28. The summed E-state index contributed by atoms with van der Waals surface area (Å²) in [5.41, 5.74) is 4.43. The van der Waals surface area contributed by atoms with Crippen molar-refractivity contribution >= 4 is 100 Å². The van der Waals surface area contributed by atoms with Crippen LogP contribution < -0.4 is 17.0 Å². The van der Waals surface area contributed by atoms with Crippen LogP contribution in [0.3, 0.4) is 0 Å². The van der Waals surface area contributed by atoms with Crippen LogP contribution in [-0.4, -0.2) is 47.8 Å². The van der Waals surface area contributed by atoms with Crippen LogP contribution in [0.25, 0.3) is 20.2 Å². The summed E-state index contributed by atoms with van der Waals surface area (Å²) < 4.78 is 8.11. The largest absolute Gasteiger partial charge is 2.00 e.